The number of fused-ring (bicyclic) bond motifs is 9. The highest BCUT2D eigenvalue weighted by Gasteiger charge is 2.27. The van der Waals surface area contributed by atoms with Crippen molar-refractivity contribution in [3.63, 3.8) is 0 Å². The smallest absolute Gasteiger partial charge is 0.137 e. The summed E-state index contributed by atoms with van der Waals surface area (Å²) in [6, 6.07) is 66.9. The van der Waals surface area contributed by atoms with Crippen molar-refractivity contribution in [2.24, 2.45) is 0 Å². The molecule has 0 unspecified atom stereocenters. The molecule has 9 aromatic carbocycles. The van der Waals surface area contributed by atoms with Crippen molar-refractivity contribution in [3.8, 4) is 22.3 Å². The van der Waals surface area contributed by atoms with Crippen molar-refractivity contribution in [2.45, 2.75) is 0 Å². The van der Waals surface area contributed by atoms with Crippen LogP contribution in [0.15, 0.2) is 197 Å². The van der Waals surface area contributed by atoms with Crippen LogP contribution >= 0.6 is 0 Å². The molecule has 2 heterocycles. The Labute approximate surface area is 305 Å². The van der Waals surface area contributed by atoms with E-state index >= 15 is 0 Å². The number of nitrogens with zero attached hydrogens (tertiary/aromatic N) is 1. The van der Waals surface area contributed by atoms with Gasteiger partial charge in [-0.25, -0.2) is 0 Å². The van der Waals surface area contributed by atoms with E-state index < -0.39 is 0 Å². The number of anilines is 3. The first-order chi connectivity index (χ1) is 26.3. The summed E-state index contributed by atoms with van der Waals surface area (Å²) in [6.07, 6.45) is 0. The summed E-state index contributed by atoms with van der Waals surface area (Å²) in [5, 5.41) is 9.09. The van der Waals surface area contributed by atoms with Crippen LogP contribution in [0.3, 0.4) is 0 Å². The van der Waals surface area contributed by atoms with Crippen molar-refractivity contribution in [2.75, 3.05) is 4.90 Å². The lowest BCUT2D eigenvalue weighted by Gasteiger charge is -2.31. The Balaban J connectivity index is 1.31. The standard InChI is InChI=1S/C50H31NO2/c1-2-14-32(15-3-1)33-16-12-17-34(30-33)48-40-21-6-4-18-36(40)37-19-5-7-22-41(37)50(48)51(35-28-29-39-38-20-8-10-25-44(38)53-47(39)31-35)43-24-13-27-46-49(43)42-23-9-11-26-45(42)52-46/h1-31H. The molecule has 0 aliphatic heterocycles. The molecule has 2 aromatic heterocycles. The van der Waals surface area contributed by atoms with Gasteiger partial charge >= 0.3 is 0 Å². The summed E-state index contributed by atoms with van der Waals surface area (Å²) in [7, 11) is 0. The van der Waals surface area contributed by atoms with E-state index in [-0.39, 0.29) is 0 Å². The van der Waals surface area contributed by atoms with E-state index in [9.17, 15) is 0 Å². The van der Waals surface area contributed by atoms with E-state index in [1.807, 2.05) is 18.2 Å². The van der Waals surface area contributed by atoms with Crippen molar-refractivity contribution < 1.29 is 8.83 Å². The Hall–Kier alpha value is -7.10. The molecule has 3 heteroatoms. The number of rotatable bonds is 5. The fourth-order valence-corrected chi connectivity index (χ4v) is 8.32. The van der Waals surface area contributed by atoms with E-state index in [1.165, 1.54) is 27.3 Å². The molecule has 0 spiro atoms. The quantitative estimate of drug-likeness (QED) is 0.170. The van der Waals surface area contributed by atoms with Crippen LogP contribution in [0.25, 0.3) is 87.7 Å². The van der Waals surface area contributed by atoms with Gasteiger partial charge in [-0.3, -0.25) is 0 Å². The molecule has 0 fully saturated rings. The summed E-state index contributed by atoms with van der Waals surface area (Å²) in [6.45, 7) is 0. The highest BCUT2D eigenvalue weighted by Crippen LogP contribution is 2.52. The molecule has 0 saturated carbocycles. The summed E-state index contributed by atoms with van der Waals surface area (Å²) in [5.41, 5.74) is 11.2. The normalized spacial score (nSPS) is 11.8. The Kier molecular flexibility index (Phi) is 6.55. The van der Waals surface area contributed by atoms with E-state index in [2.05, 4.69) is 175 Å². The molecule has 11 rings (SSSR count). The number of hydrogen-bond acceptors (Lipinski definition) is 3. The molecule has 248 valence electrons. The van der Waals surface area contributed by atoms with E-state index in [4.69, 9.17) is 8.83 Å². The van der Waals surface area contributed by atoms with Crippen LogP contribution in [0.1, 0.15) is 0 Å². The van der Waals surface area contributed by atoms with Gasteiger partial charge < -0.3 is 13.7 Å². The molecular weight excluding hydrogens is 647 g/mol. The zero-order valence-corrected chi connectivity index (χ0v) is 28.7. The first kappa shape index (κ1) is 29.6. The first-order valence-corrected chi connectivity index (χ1v) is 18.0. The SMILES string of the molecule is c1ccc(-c2cccc(-c3c(N(c4ccc5c(c4)oc4ccccc45)c4cccc5oc6ccccc6c45)c4ccccc4c4ccccc34)c2)cc1. The molecule has 3 nitrogen and oxygen atoms in total. The summed E-state index contributed by atoms with van der Waals surface area (Å²) in [4.78, 5) is 2.44. The Morgan fingerprint density at radius 1 is 0.321 bits per heavy atom. The van der Waals surface area contributed by atoms with Crippen LogP contribution in [0.4, 0.5) is 17.1 Å². The Morgan fingerprint density at radius 3 is 1.68 bits per heavy atom. The molecular formula is C50H31NO2. The molecule has 0 aliphatic carbocycles. The highest BCUT2D eigenvalue weighted by molar-refractivity contribution is 6.24. The summed E-state index contributed by atoms with van der Waals surface area (Å²) < 4.78 is 13.1. The molecule has 11 aromatic rings. The van der Waals surface area contributed by atoms with E-state index in [0.717, 1.165) is 77.5 Å². The van der Waals surface area contributed by atoms with Gasteiger partial charge in [-0.1, -0.05) is 140 Å². The minimum Gasteiger partial charge on any atom is -0.456 e. The van der Waals surface area contributed by atoms with Crippen molar-refractivity contribution >= 4 is 82.5 Å². The van der Waals surface area contributed by atoms with Crippen LogP contribution in [0, 0.1) is 0 Å². The third kappa shape index (κ3) is 4.61. The van der Waals surface area contributed by atoms with E-state index in [0.29, 0.717) is 0 Å². The third-order valence-corrected chi connectivity index (χ3v) is 10.6. The van der Waals surface area contributed by atoms with Crippen molar-refractivity contribution in [1.82, 2.24) is 0 Å². The fraction of sp³-hybridized carbons (Fsp3) is 0. The second-order valence-corrected chi connectivity index (χ2v) is 13.6. The zero-order chi connectivity index (χ0) is 34.9. The summed E-state index contributed by atoms with van der Waals surface area (Å²) >= 11 is 0. The van der Waals surface area contributed by atoms with Crippen molar-refractivity contribution in [1.29, 1.82) is 0 Å². The largest absolute Gasteiger partial charge is 0.456 e. The number of hydrogen-bond donors (Lipinski definition) is 0. The van der Waals surface area contributed by atoms with Gasteiger partial charge in [0.2, 0.25) is 0 Å². The van der Waals surface area contributed by atoms with Gasteiger partial charge in [0.05, 0.1) is 16.8 Å². The van der Waals surface area contributed by atoms with E-state index in [1.54, 1.807) is 0 Å². The zero-order valence-electron chi connectivity index (χ0n) is 28.7. The topological polar surface area (TPSA) is 29.5 Å². The number of benzene rings is 9. The molecule has 0 atom stereocenters. The third-order valence-electron chi connectivity index (χ3n) is 10.6. The molecule has 0 bridgehead atoms. The maximum Gasteiger partial charge on any atom is 0.137 e. The van der Waals surface area contributed by atoms with Crippen LogP contribution in [-0.2, 0) is 0 Å². The summed E-state index contributed by atoms with van der Waals surface area (Å²) in [5.74, 6) is 0. The molecule has 0 N–H and O–H groups in total. The predicted octanol–water partition coefficient (Wildman–Crippen LogP) is 14.6. The minimum atomic E-state index is 0.843. The maximum absolute atomic E-state index is 6.55. The van der Waals surface area contributed by atoms with Crippen molar-refractivity contribution in [3.05, 3.63) is 188 Å². The van der Waals surface area contributed by atoms with Gasteiger partial charge in [-0.15, -0.1) is 0 Å². The molecule has 53 heavy (non-hydrogen) atoms. The minimum absolute atomic E-state index is 0.843. The fourth-order valence-electron chi connectivity index (χ4n) is 8.32. The molecule has 0 saturated heterocycles. The van der Waals surface area contributed by atoms with Crippen LogP contribution < -0.4 is 4.90 Å². The monoisotopic (exact) mass is 677 g/mol. The van der Waals surface area contributed by atoms with Crippen LogP contribution in [-0.4, -0.2) is 0 Å². The highest BCUT2D eigenvalue weighted by atomic mass is 16.3. The number of furan rings is 2. The van der Waals surface area contributed by atoms with Gasteiger partial charge in [0.25, 0.3) is 0 Å². The Bertz CT molecular complexity index is 3190. The predicted molar refractivity (Wildman–Crippen MR) is 222 cm³/mol. The van der Waals surface area contributed by atoms with Gasteiger partial charge in [0.1, 0.15) is 22.3 Å². The second kappa shape index (κ2) is 11.7. The Morgan fingerprint density at radius 2 is 0.868 bits per heavy atom. The first-order valence-electron chi connectivity index (χ1n) is 18.0. The lowest BCUT2D eigenvalue weighted by atomic mass is 9.88. The second-order valence-electron chi connectivity index (χ2n) is 13.6. The lowest BCUT2D eigenvalue weighted by Crippen LogP contribution is -2.12. The average molecular weight is 678 g/mol. The maximum atomic E-state index is 6.55. The van der Waals surface area contributed by atoms with Gasteiger partial charge in [-0.2, -0.15) is 0 Å². The van der Waals surface area contributed by atoms with Gasteiger partial charge in [0, 0.05) is 38.9 Å². The van der Waals surface area contributed by atoms with Gasteiger partial charge in [-0.05, 0) is 75.3 Å². The lowest BCUT2D eigenvalue weighted by molar-refractivity contribution is 0.669. The van der Waals surface area contributed by atoms with Crippen LogP contribution in [0.2, 0.25) is 0 Å². The molecule has 0 radical (unpaired) electrons. The van der Waals surface area contributed by atoms with Crippen LogP contribution in [0.5, 0.6) is 0 Å². The molecule has 0 amide bonds. The number of para-hydroxylation sites is 2. The molecule has 0 aliphatic rings. The average Bonchev–Trinajstić information content (AvgIpc) is 3.80. The van der Waals surface area contributed by atoms with Gasteiger partial charge in [0.15, 0.2) is 0 Å².